The van der Waals surface area contributed by atoms with Gasteiger partial charge in [0.15, 0.2) is 9.04 Å². The average Bonchev–Trinajstić information content (AvgIpc) is 1.61. The minimum Gasteiger partial charge on any atom is -0.420 e. The average molecular weight is 132 g/mol. The van der Waals surface area contributed by atoms with E-state index in [1.54, 1.807) is 0 Å². The quantitative estimate of drug-likeness (QED) is 0.530. The van der Waals surface area contributed by atoms with Crippen LogP contribution in [0.15, 0.2) is 0 Å². The fourth-order valence-corrected chi connectivity index (χ4v) is 1.15. The van der Waals surface area contributed by atoms with Gasteiger partial charge in [0.25, 0.3) is 0 Å². The maximum absolute atomic E-state index is 5.44. The summed E-state index contributed by atoms with van der Waals surface area (Å²) in [4.78, 5) is 0. The summed E-state index contributed by atoms with van der Waals surface area (Å²) >= 11 is 0. The highest BCUT2D eigenvalue weighted by Crippen LogP contribution is 1.93. The van der Waals surface area contributed by atoms with E-state index in [4.69, 9.17) is 4.43 Å². The molecule has 0 rings (SSSR count). The van der Waals surface area contributed by atoms with E-state index in [1.165, 1.54) is 0 Å². The first kappa shape index (κ1) is 8.18. The minimum absolute atomic E-state index is 0.699. The summed E-state index contributed by atoms with van der Waals surface area (Å²) in [6.07, 6.45) is 0. The Bertz CT molecular complexity index is 44.5. The van der Waals surface area contributed by atoms with Crippen molar-refractivity contribution in [2.45, 2.75) is 26.9 Å². The maximum Gasteiger partial charge on any atom is 0.170 e. The van der Waals surface area contributed by atoms with Gasteiger partial charge < -0.3 is 4.43 Å². The Balaban J connectivity index is 2.93. The van der Waals surface area contributed by atoms with Gasteiger partial charge in [-0.15, -0.1) is 0 Å². The topological polar surface area (TPSA) is 9.23 Å². The van der Waals surface area contributed by atoms with Crippen LogP contribution in [0.1, 0.15) is 13.8 Å². The van der Waals surface area contributed by atoms with Gasteiger partial charge in [-0.3, -0.25) is 0 Å². The minimum atomic E-state index is -0.727. The van der Waals surface area contributed by atoms with Crippen molar-refractivity contribution in [2.75, 3.05) is 6.61 Å². The van der Waals surface area contributed by atoms with E-state index in [0.29, 0.717) is 5.92 Å². The van der Waals surface area contributed by atoms with Crippen molar-refractivity contribution in [3.8, 4) is 0 Å². The SMILES string of the molecule is CC(C)CO[SiH](C)C. The second-order valence-corrected chi connectivity index (χ2v) is 5.21. The van der Waals surface area contributed by atoms with E-state index in [9.17, 15) is 0 Å². The largest absolute Gasteiger partial charge is 0.420 e. The molecule has 0 unspecified atom stereocenters. The highest BCUT2D eigenvalue weighted by Gasteiger charge is 1.96. The zero-order valence-electron chi connectivity index (χ0n) is 6.27. The smallest absolute Gasteiger partial charge is 0.170 e. The Hall–Kier alpha value is 0.177. The Morgan fingerprint density at radius 2 is 1.88 bits per heavy atom. The van der Waals surface area contributed by atoms with Gasteiger partial charge in [0.05, 0.1) is 0 Å². The van der Waals surface area contributed by atoms with E-state index >= 15 is 0 Å². The molecule has 0 saturated heterocycles. The van der Waals surface area contributed by atoms with Gasteiger partial charge in [0.1, 0.15) is 0 Å². The second-order valence-electron chi connectivity index (χ2n) is 2.78. The molecule has 0 aromatic rings. The molecule has 0 N–H and O–H groups in total. The lowest BCUT2D eigenvalue weighted by molar-refractivity contribution is 0.276. The van der Waals surface area contributed by atoms with E-state index in [-0.39, 0.29) is 0 Å². The van der Waals surface area contributed by atoms with E-state index in [2.05, 4.69) is 26.9 Å². The van der Waals surface area contributed by atoms with E-state index in [0.717, 1.165) is 6.61 Å². The number of rotatable bonds is 3. The van der Waals surface area contributed by atoms with Crippen molar-refractivity contribution in [3.63, 3.8) is 0 Å². The van der Waals surface area contributed by atoms with Crippen LogP contribution < -0.4 is 0 Å². The van der Waals surface area contributed by atoms with Crippen LogP contribution in [0.5, 0.6) is 0 Å². The van der Waals surface area contributed by atoms with Gasteiger partial charge in [0, 0.05) is 6.61 Å². The summed E-state index contributed by atoms with van der Waals surface area (Å²) < 4.78 is 5.44. The van der Waals surface area contributed by atoms with Gasteiger partial charge in [0.2, 0.25) is 0 Å². The Morgan fingerprint density at radius 1 is 1.38 bits per heavy atom. The molecule has 0 saturated carbocycles. The molecule has 1 nitrogen and oxygen atoms in total. The Kier molecular flexibility index (Phi) is 4.19. The van der Waals surface area contributed by atoms with Crippen molar-refractivity contribution < 1.29 is 4.43 Å². The monoisotopic (exact) mass is 132 g/mol. The molecule has 0 aliphatic carbocycles. The Labute approximate surface area is 53.8 Å². The zero-order chi connectivity index (χ0) is 6.57. The molecular weight excluding hydrogens is 116 g/mol. The molecule has 0 amide bonds. The number of hydrogen-bond acceptors (Lipinski definition) is 1. The van der Waals surface area contributed by atoms with Gasteiger partial charge in [-0.25, -0.2) is 0 Å². The van der Waals surface area contributed by atoms with Crippen LogP contribution in [0.4, 0.5) is 0 Å². The maximum atomic E-state index is 5.44. The molecule has 8 heavy (non-hydrogen) atoms. The molecular formula is C6H16OSi. The molecule has 0 heterocycles. The third-order valence-corrected chi connectivity index (χ3v) is 1.62. The van der Waals surface area contributed by atoms with E-state index < -0.39 is 9.04 Å². The summed E-state index contributed by atoms with van der Waals surface area (Å²) in [6, 6.07) is 0. The summed E-state index contributed by atoms with van der Waals surface area (Å²) in [6.45, 7) is 9.70. The summed E-state index contributed by atoms with van der Waals surface area (Å²) in [5.74, 6) is 0.699. The molecule has 50 valence electrons. The van der Waals surface area contributed by atoms with Crippen LogP contribution in [-0.4, -0.2) is 15.6 Å². The molecule has 0 atom stereocenters. The first-order valence-electron chi connectivity index (χ1n) is 3.24. The third-order valence-electron chi connectivity index (χ3n) is 0.763. The lowest BCUT2D eigenvalue weighted by atomic mass is 10.2. The standard InChI is InChI=1S/C6H16OSi/c1-6(2)5-7-8(3)4/h6,8H,5H2,1-4H3. The fourth-order valence-electron chi connectivity index (χ4n) is 0.385. The normalized spacial score (nSPS) is 11.2. The fraction of sp³-hybridized carbons (Fsp3) is 1.00. The molecule has 0 fully saturated rings. The predicted octanol–water partition coefficient (Wildman–Crippen LogP) is 1.64. The van der Waals surface area contributed by atoms with Crippen molar-refractivity contribution >= 4 is 9.04 Å². The first-order chi connectivity index (χ1) is 3.63. The van der Waals surface area contributed by atoms with E-state index in [1.807, 2.05) is 0 Å². The Morgan fingerprint density at radius 3 is 2.00 bits per heavy atom. The third kappa shape index (κ3) is 6.18. The van der Waals surface area contributed by atoms with Gasteiger partial charge in [-0.1, -0.05) is 13.8 Å². The van der Waals surface area contributed by atoms with Crippen molar-refractivity contribution in [1.29, 1.82) is 0 Å². The lowest BCUT2D eigenvalue weighted by Crippen LogP contribution is -2.12. The summed E-state index contributed by atoms with van der Waals surface area (Å²) in [5.41, 5.74) is 0. The molecule has 0 aliphatic heterocycles. The summed E-state index contributed by atoms with van der Waals surface area (Å²) in [5, 5.41) is 0. The zero-order valence-corrected chi connectivity index (χ0v) is 7.42. The molecule has 0 aromatic carbocycles. The first-order valence-corrected chi connectivity index (χ1v) is 6.02. The van der Waals surface area contributed by atoms with Crippen LogP contribution in [-0.2, 0) is 4.43 Å². The van der Waals surface area contributed by atoms with Crippen molar-refractivity contribution in [2.24, 2.45) is 5.92 Å². The molecule has 0 aliphatic rings. The second kappa shape index (κ2) is 4.10. The summed E-state index contributed by atoms with van der Waals surface area (Å²) in [7, 11) is -0.727. The van der Waals surface area contributed by atoms with Gasteiger partial charge >= 0.3 is 0 Å². The highest BCUT2D eigenvalue weighted by atomic mass is 28.3. The van der Waals surface area contributed by atoms with Crippen LogP contribution in [0.2, 0.25) is 13.1 Å². The van der Waals surface area contributed by atoms with Crippen LogP contribution in [0, 0.1) is 5.92 Å². The van der Waals surface area contributed by atoms with Crippen molar-refractivity contribution in [3.05, 3.63) is 0 Å². The van der Waals surface area contributed by atoms with Gasteiger partial charge in [-0.05, 0) is 19.0 Å². The van der Waals surface area contributed by atoms with Crippen LogP contribution in [0.25, 0.3) is 0 Å². The molecule has 0 radical (unpaired) electrons. The van der Waals surface area contributed by atoms with Crippen LogP contribution >= 0.6 is 0 Å². The molecule has 0 spiro atoms. The molecule has 0 aromatic heterocycles. The molecule has 0 bridgehead atoms. The lowest BCUT2D eigenvalue weighted by Gasteiger charge is -2.07. The highest BCUT2D eigenvalue weighted by molar-refractivity contribution is 6.48. The molecule has 2 heteroatoms. The van der Waals surface area contributed by atoms with Gasteiger partial charge in [-0.2, -0.15) is 0 Å². The number of hydrogen-bond donors (Lipinski definition) is 0. The van der Waals surface area contributed by atoms with Crippen molar-refractivity contribution in [1.82, 2.24) is 0 Å². The van der Waals surface area contributed by atoms with Crippen LogP contribution in [0.3, 0.4) is 0 Å². The predicted molar refractivity (Wildman–Crippen MR) is 39.7 cm³/mol.